The number of benzene rings is 1. The molecule has 2 fully saturated rings. The molecule has 1 aromatic carbocycles. The van der Waals surface area contributed by atoms with Crippen molar-refractivity contribution in [3.05, 3.63) is 42.1 Å². The Morgan fingerprint density at radius 2 is 2.00 bits per heavy atom. The summed E-state index contributed by atoms with van der Waals surface area (Å²) < 4.78 is 0. The second-order valence-corrected chi connectivity index (χ2v) is 6.31. The van der Waals surface area contributed by atoms with Crippen molar-refractivity contribution in [3.8, 4) is 0 Å². The smallest absolute Gasteiger partial charge is 0.254 e. The Morgan fingerprint density at radius 1 is 1.09 bits per heavy atom. The van der Waals surface area contributed by atoms with Crippen LogP contribution in [0.2, 0.25) is 0 Å². The van der Waals surface area contributed by atoms with E-state index in [4.69, 9.17) is 0 Å². The number of piperazine rings is 1. The van der Waals surface area contributed by atoms with Crippen LogP contribution in [-0.4, -0.2) is 52.9 Å². The second-order valence-electron chi connectivity index (χ2n) is 6.31. The van der Waals surface area contributed by atoms with Crippen LogP contribution in [0, 0.1) is 0 Å². The summed E-state index contributed by atoms with van der Waals surface area (Å²) in [5.74, 6) is 0.156. The van der Waals surface area contributed by atoms with Gasteiger partial charge in [0.15, 0.2) is 0 Å². The van der Waals surface area contributed by atoms with Gasteiger partial charge in [0, 0.05) is 37.3 Å². The van der Waals surface area contributed by atoms with Gasteiger partial charge in [-0.3, -0.25) is 14.7 Å². The fourth-order valence-electron chi connectivity index (χ4n) is 3.79. The summed E-state index contributed by atoms with van der Waals surface area (Å²) in [4.78, 5) is 21.9. The van der Waals surface area contributed by atoms with E-state index in [2.05, 4.69) is 9.88 Å². The van der Waals surface area contributed by atoms with Crippen molar-refractivity contribution in [2.45, 2.75) is 25.3 Å². The molecule has 3 heterocycles. The molecule has 2 saturated heterocycles. The summed E-state index contributed by atoms with van der Waals surface area (Å²) in [7, 11) is 0. The van der Waals surface area contributed by atoms with E-state index in [-0.39, 0.29) is 5.91 Å². The lowest BCUT2D eigenvalue weighted by atomic mass is 9.98. The Hall–Kier alpha value is -1.94. The van der Waals surface area contributed by atoms with Gasteiger partial charge in [0.1, 0.15) is 0 Å². The average molecular weight is 295 g/mol. The number of carbonyl (C=O) groups is 1. The predicted molar refractivity (Wildman–Crippen MR) is 86.9 cm³/mol. The first kappa shape index (κ1) is 13.7. The topological polar surface area (TPSA) is 36.4 Å². The molecule has 1 amide bonds. The van der Waals surface area contributed by atoms with Crippen LogP contribution in [0.1, 0.15) is 29.6 Å². The third kappa shape index (κ3) is 2.37. The standard InChI is InChI=1S/C18H21N3O/c22-18(16-8-9-19-17-7-2-1-6-15(16)17)21-12-11-20-10-4-3-5-14(20)13-21/h1-2,6-9,14H,3-5,10-13H2. The zero-order valence-electron chi connectivity index (χ0n) is 12.7. The Kier molecular flexibility index (Phi) is 3.54. The van der Waals surface area contributed by atoms with E-state index in [1.165, 1.54) is 25.8 Å². The second kappa shape index (κ2) is 5.69. The van der Waals surface area contributed by atoms with Crippen molar-refractivity contribution < 1.29 is 4.79 Å². The first-order valence-electron chi connectivity index (χ1n) is 8.20. The number of aromatic nitrogens is 1. The summed E-state index contributed by atoms with van der Waals surface area (Å²) in [6.45, 7) is 3.92. The van der Waals surface area contributed by atoms with Gasteiger partial charge >= 0.3 is 0 Å². The van der Waals surface area contributed by atoms with Crippen molar-refractivity contribution in [1.82, 2.24) is 14.8 Å². The van der Waals surface area contributed by atoms with Crippen LogP contribution in [0.15, 0.2) is 36.5 Å². The first-order chi connectivity index (χ1) is 10.8. The Balaban J connectivity index is 1.61. The SMILES string of the molecule is O=C(c1ccnc2ccccc12)N1CCN2CCCCC2C1. The van der Waals surface area contributed by atoms with Gasteiger partial charge in [0.25, 0.3) is 5.91 Å². The van der Waals surface area contributed by atoms with Gasteiger partial charge in [-0.2, -0.15) is 0 Å². The van der Waals surface area contributed by atoms with E-state index in [1.54, 1.807) is 6.20 Å². The maximum atomic E-state index is 13.0. The number of nitrogens with zero attached hydrogens (tertiary/aromatic N) is 3. The number of hydrogen-bond donors (Lipinski definition) is 0. The molecule has 1 atom stereocenters. The third-order valence-corrected chi connectivity index (χ3v) is 5.00. The summed E-state index contributed by atoms with van der Waals surface area (Å²) in [6, 6.07) is 10.3. The molecule has 114 valence electrons. The van der Waals surface area contributed by atoms with Crippen LogP contribution in [0.5, 0.6) is 0 Å². The molecule has 0 spiro atoms. The van der Waals surface area contributed by atoms with Crippen LogP contribution in [0.3, 0.4) is 0 Å². The highest BCUT2D eigenvalue weighted by molar-refractivity contribution is 6.06. The first-order valence-corrected chi connectivity index (χ1v) is 8.20. The monoisotopic (exact) mass is 295 g/mol. The van der Waals surface area contributed by atoms with Crippen LogP contribution < -0.4 is 0 Å². The predicted octanol–water partition coefficient (Wildman–Crippen LogP) is 2.55. The number of fused-ring (bicyclic) bond motifs is 2. The van der Waals surface area contributed by atoms with E-state index in [1.807, 2.05) is 35.2 Å². The molecule has 1 unspecified atom stereocenters. The average Bonchev–Trinajstić information content (AvgIpc) is 2.60. The molecule has 2 aliphatic rings. The number of hydrogen-bond acceptors (Lipinski definition) is 3. The van der Waals surface area contributed by atoms with Crippen LogP contribution in [0.4, 0.5) is 0 Å². The number of piperidine rings is 1. The number of para-hydroxylation sites is 1. The number of pyridine rings is 1. The van der Waals surface area contributed by atoms with E-state index >= 15 is 0 Å². The molecule has 1 aromatic heterocycles. The van der Waals surface area contributed by atoms with E-state index in [0.717, 1.165) is 36.1 Å². The van der Waals surface area contributed by atoms with Crippen molar-refractivity contribution in [1.29, 1.82) is 0 Å². The molecule has 4 rings (SSSR count). The van der Waals surface area contributed by atoms with Gasteiger partial charge in [0.2, 0.25) is 0 Å². The molecule has 22 heavy (non-hydrogen) atoms. The molecule has 0 saturated carbocycles. The molecule has 4 nitrogen and oxygen atoms in total. The summed E-state index contributed by atoms with van der Waals surface area (Å²) >= 11 is 0. The highest BCUT2D eigenvalue weighted by atomic mass is 16.2. The quantitative estimate of drug-likeness (QED) is 0.811. The number of rotatable bonds is 1. The highest BCUT2D eigenvalue weighted by Gasteiger charge is 2.31. The van der Waals surface area contributed by atoms with Crippen LogP contribution >= 0.6 is 0 Å². The van der Waals surface area contributed by atoms with E-state index < -0.39 is 0 Å². The van der Waals surface area contributed by atoms with Crippen LogP contribution in [0.25, 0.3) is 10.9 Å². The highest BCUT2D eigenvalue weighted by Crippen LogP contribution is 2.24. The fourth-order valence-corrected chi connectivity index (χ4v) is 3.79. The van der Waals surface area contributed by atoms with Crippen molar-refractivity contribution in [2.75, 3.05) is 26.2 Å². The lowest BCUT2D eigenvalue weighted by Gasteiger charge is -2.44. The summed E-state index contributed by atoms with van der Waals surface area (Å²) in [5.41, 5.74) is 1.68. The zero-order chi connectivity index (χ0) is 14.9. The van der Waals surface area contributed by atoms with Gasteiger partial charge < -0.3 is 4.90 Å². The van der Waals surface area contributed by atoms with Crippen molar-refractivity contribution in [3.63, 3.8) is 0 Å². The van der Waals surface area contributed by atoms with Gasteiger partial charge in [0.05, 0.1) is 11.1 Å². The molecular formula is C18H21N3O. The summed E-state index contributed by atoms with van der Waals surface area (Å²) in [6.07, 6.45) is 5.56. The Labute approximate surface area is 130 Å². The molecule has 0 bridgehead atoms. The molecule has 2 aromatic rings. The molecule has 0 aliphatic carbocycles. The van der Waals surface area contributed by atoms with E-state index in [0.29, 0.717) is 6.04 Å². The largest absolute Gasteiger partial charge is 0.336 e. The van der Waals surface area contributed by atoms with Crippen molar-refractivity contribution in [2.24, 2.45) is 0 Å². The molecular weight excluding hydrogens is 274 g/mol. The maximum absolute atomic E-state index is 13.0. The minimum atomic E-state index is 0.156. The lowest BCUT2D eigenvalue weighted by Crippen LogP contribution is -2.56. The fraction of sp³-hybridized carbons (Fsp3) is 0.444. The normalized spacial score (nSPS) is 22.5. The van der Waals surface area contributed by atoms with E-state index in [9.17, 15) is 4.79 Å². The minimum absolute atomic E-state index is 0.156. The number of amides is 1. The number of carbonyl (C=O) groups excluding carboxylic acids is 1. The zero-order valence-corrected chi connectivity index (χ0v) is 12.7. The molecule has 2 aliphatic heterocycles. The molecule has 0 N–H and O–H groups in total. The van der Waals surface area contributed by atoms with Gasteiger partial charge in [-0.05, 0) is 31.5 Å². The van der Waals surface area contributed by atoms with Gasteiger partial charge in [-0.25, -0.2) is 0 Å². The maximum Gasteiger partial charge on any atom is 0.254 e. The lowest BCUT2D eigenvalue weighted by molar-refractivity contribution is 0.0374. The Morgan fingerprint density at radius 3 is 2.95 bits per heavy atom. The molecule has 0 radical (unpaired) electrons. The van der Waals surface area contributed by atoms with Crippen molar-refractivity contribution >= 4 is 16.8 Å². The van der Waals surface area contributed by atoms with Crippen LogP contribution in [-0.2, 0) is 0 Å². The van der Waals surface area contributed by atoms with Gasteiger partial charge in [-0.15, -0.1) is 0 Å². The summed E-state index contributed by atoms with van der Waals surface area (Å²) in [5, 5.41) is 0.959. The molecule has 4 heteroatoms. The Bertz CT molecular complexity index is 694. The minimum Gasteiger partial charge on any atom is -0.336 e. The van der Waals surface area contributed by atoms with Gasteiger partial charge in [-0.1, -0.05) is 24.6 Å². The third-order valence-electron chi connectivity index (χ3n) is 5.00.